The summed E-state index contributed by atoms with van der Waals surface area (Å²) in [6.45, 7) is 2.44. The van der Waals surface area contributed by atoms with Crippen LogP contribution in [0.15, 0.2) is 30.3 Å². The van der Waals surface area contributed by atoms with Gasteiger partial charge >= 0.3 is 5.97 Å². The van der Waals surface area contributed by atoms with Gasteiger partial charge in [0.2, 0.25) is 11.8 Å². The number of benzene rings is 1. The Morgan fingerprint density at radius 3 is 2.26 bits per heavy atom. The van der Waals surface area contributed by atoms with Crippen molar-refractivity contribution in [3.8, 4) is 0 Å². The lowest BCUT2D eigenvalue weighted by molar-refractivity contribution is -0.150. The standard InChI is InChI=1S/C18H27N3O6/c1-11(20-17(24)14(9-22)21-16(23)12(2)19)10-27-15(18(25)26)8-13-6-4-3-5-7-13/h3-7,11-12,14-15,22H,8-10,19H2,1-2H3,(H,20,24)(H,21,23)(H,25,26)/t11-,12-,14-,15-/m0/s1. The lowest BCUT2D eigenvalue weighted by atomic mass is 10.1. The molecular weight excluding hydrogens is 354 g/mol. The summed E-state index contributed by atoms with van der Waals surface area (Å²) in [5.74, 6) is -2.28. The number of rotatable bonds is 11. The maximum atomic E-state index is 12.1. The third kappa shape index (κ3) is 8.16. The van der Waals surface area contributed by atoms with Gasteiger partial charge in [0.25, 0.3) is 0 Å². The zero-order valence-electron chi connectivity index (χ0n) is 15.4. The van der Waals surface area contributed by atoms with E-state index in [1.54, 1.807) is 19.1 Å². The van der Waals surface area contributed by atoms with Crippen molar-refractivity contribution in [1.29, 1.82) is 0 Å². The van der Waals surface area contributed by atoms with Crippen molar-refractivity contribution in [2.24, 2.45) is 5.73 Å². The number of carbonyl (C=O) groups excluding carboxylic acids is 2. The Hall–Kier alpha value is -2.49. The Kier molecular flexibility index (Phi) is 9.41. The largest absolute Gasteiger partial charge is 0.479 e. The molecule has 1 rings (SSSR count). The molecule has 9 heteroatoms. The molecule has 1 aromatic carbocycles. The highest BCUT2D eigenvalue weighted by molar-refractivity contribution is 5.89. The monoisotopic (exact) mass is 381 g/mol. The number of carboxylic acid groups (broad SMARTS) is 1. The Bertz CT molecular complexity index is 623. The zero-order valence-corrected chi connectivity index (χ0v) is 15.4. The Balaban J connectivity index is 2.53. The Labute approximate surface area is 157 Å². The fourth-order valence-corrected chi connectivity index (χ4v) is 2.19. The van der Waals surface area contributed by atoms with E-state index in [1.165, 1.54) is 6.92 Å². The molecule has 0 aliphatic heterocycles. The maximum Gasteiger partial charge on any atom is 0.333 e. The first-order valence-electron chi connectivity index (χ1n) is 8.60. The van der Waals surface area contributed by atoms with E-state index < -0.39 is 48.6 Å². The fourth-order valence-electron chi connectivity index (χ4n) is 2.19. The highest BCUT2D eigenvalue weighted by atomic mass is 16.5. The summed E-state index contributed by atoms with van der Waals surface area (Å²) >= 11 is 0. The molecule has 0 saturated heterocycles. The normalized spacial score (nSPS) is 15.3. The van der Waals surface area contributed by atoms with Crippen molar-refractivity contribution in [1.82, 2.24) is 10.6 Å². The number of carboxylic acids is 1. The van der Waals surface area contributed by atoms with E-state index >= 15 is 0 Å². The summed E-state index contributed by atoms with van der Waals surface area (Å²) in [5.41, 5.74) is 6.23. The van der Waals surface area contributed by atoms with E-state index in [1.807, 2.05) is 18.2 Å². The number of ether oxygens (including phenoxy) is 1. The number of nitrogens with two attached hydrogens (primary N) is 1. The van der Waals surface area contributed by atoms with E-state index in [0.717, 1.165) is 5.56 Å². The topological polar surface area (TPSA) is 151 Å². The third-order valence-corrected chi connectivity index (χ3v) is 3.70. The maximum absolute atomic E-state index is 12.1. The molecule has 0 radical (unpaired) electrons. The van der Waals surface area contributed by atoms with Crippen molar-refractivity contribution in [3.05, 3.63) is 35.9 Å². The van der Waals surface area contributed by atoms with Crippen LogP contribution in [0.25, 0.3) is 0 Å². The molecule has 0 fully saturated rings. The number of hydrogen-bond donors (Lipinski definition) is 5. The van der Waals surface area contributed by atoms with Gasteiger partial charge in [-0.25, -0.2) is 4.79 Å². The van der Waals surface area contributed by atoms with Crippen molar-refractivity contribution in [3.63, 3.8) is 0 Å². The van der Waals surface area contributed by atoms with Crippen LogP contribution in [0, 0.1) is 0 Å². The van der Waals surface area contributed by atoms with Crippen LogP contribution in [0.1, 0.15) is 19.4 Å². The first-order valence-corrected chi connectivity index (χ1v) is 8.60. The molecule has 6 N–H and O–H groups in total. The lowest BCUT2D eigenvalue weighted by Gasteiger charge is -2.22. The highest BCUT2D eigenvalue weighted by Gasteiger charge is 2.24. The van der Waals surface area contributed by atoms with E-state index in [2.05, 4.69) is 10.6 Å². The molecule has 0 aliphatic carbocycles. The van der Waals surface area contributed by atoms with Gasteiger partial charge in [0.15, 0.2) is 6.10 Å². The van der Waals surface area contributed by atoms with Gasteiger partial charge in [-0.05, 0) is 19.4 Å². The summed E-state index contributed by atoms with van der Waals surface area (Å²) < 4.78 is 5.42. The first kappa shape index (κ1) is 22.6. The van der Waals surface area contributed by atoms with Gasteiger partial charge in [-0.15, -0.1) is 0 Å². The van der Waals surface area contributed by atoms with Gasteiger partial charge in [0.05, 0.1) is 19.3 Å². The molecular formula is C18H27N3O6. The number of aliphatic carboxylic acids is 1. The molecule has 0 bridgehead atoms. The molecule has 0 aromatic heterocycles. The summed E-state index contributed by atoms with van der Waals surface area (Å²) in [6, 6.07) is 6.56. The number of hydrogen-bond acceptors (Lipinski definition) is 6. The summed E-state index contributed by atoms with van der Waals surface area (Å²) in [5, 5.41) is 23.5. The molecule has 4 atom stereocenters. The van der Waals surface area contributed by atoms with Gasteiger partial charge in [-0.3, -0.25) is 9.59 Å². The van der Waals surface area contributed by atoms with Crippen molar-refractivity contribution < 1.29 is 29.3 Å². The summed E-state index contributed by atoms with van der Waals surface area (Å²) in [7, 11) is 0. The second-order valence-corrected chi connectivity index (χ2v) is 6.29. The quantitative estimate of drug-likeness (QED) is 0.331. The van der Waals surface area contributed by atoms with Crippen LogP contribution in [0.4, 0.5) is 0 Å². The number of nitrogens with one attached hydrogen (secondary N) is 2. The van der Waals surface area contributed by atoms with Crippen LogP contribution in [0.5, 0.6) is 0 Å². The number of aliphatic hydroxyl groups is 1. The molecule has 1 aromatic rings. The predicted octanol–water partition coefficient (Wildman–Crippen LogP) is -0.972. The average molecular weight is 381 g/mol. The molecule has 0 aliphatic rings. The van der Waals surface area contributed by atoms with Crippen molar-refractivity contribution in [2.45, 2.75) is 44.5 Å². The molecule has 0 spiro atoms. The van der Waals surface area contributed by atoms with Crippen molar-refractivity contribution in [2.75, 3.05) is 13.2 Å². The van der Waals surface area contributed by atoms with Crippen LogP contribution in [0.2, 0.25) is 0 Å². The van der Waals surface area contributed by atoms with Gasteiger partial charge in [-0.1, -0.05) is 30.3 Å². The second kappa shape index (κ2) is 11.3. The Morgan fingerprint density at radius 1 is 1.11 bits per heavy atom. The third-order valence-electron chi connectivity index (χ3n) is 3.70. The van der Waals surface area contributed by atoms with Gasteiger partial charge in [0, 0.05) is 12.5 Å². The smallest absolute Gasteiger partial charge is 0.333 e. The molecule has 9 nitrogen and oxygen atoms in total. The van der Waals surface area contributed by atoms with Gasteiger partial charge < -0.3 is 31.3 Å². The van der Waals surface area contributed by atoms with Crippen LogP contribution >= 0.6 is 0 Å². The zero-order chi connectivity index (χ0) is 20.4. The number of aliphatic hydroxyl groups excluding tert-OH is 1. The van der Waals surface area contributed by atoms with Gasteiger partial charge in [-0.2, -0.15) is 0 Å². The number of amides is 2. The molecule has 0 unspecified atom stereocenters. The molecule has 27 heavy (non-hydrogen) atoms. The minimum absolute atomic E-state index is 0.0467. The lowest BCUT2D eigenvalue weighted by Crippen LogP contribution is -2.54. The highest BCUT2D eigenvalue weighted by Crippen LogP contribution is 2.07. The predicted molar refractivity (Wildman–Crippen MR) is 97.8 cm³/mol. The summed E-state index contributed by atoms with van der Waals surface area (Å²) in [4.78, 5) is 35.0. The van der Waals surface area contributed by atoms with Crippen LogP contribution in [0.3, 0.4) is 0 Å². The number of carbonyl (C=O) groups is 3. The minimum Gasteiger partial charge on any atom is -0.479 e. The van der Waals surface area contributed by atoms with Crippen molar-refractivity contribution >= 4 is 17.8 Å². The first-order chi connectivity index (χ1) is 12.7. The molecule has 0 heterocycles. The summed E-state index contributed by atoms with van der Waals surface area (Å²) in [6.07, 6.45) is -0.862. The van der Waals surface area contributed by atoms with E-state index in [4.69, 9.17) is 10.5 Å². The van der Waals surface area contributed by atoms with E-state index in [-0.39, 0.29) is 13.0 Å². The molecule has 2 amide bonds. The fraction of sp³-hybridized carbons (Fsp3) is 0.500. The second-order valence-electron chi connectivity index (χ2n) is 6.29. The average Bonchev–Trinajstić information content (AvgIpc) is 2.63. The van der Waals surface area contributed by atoms with E-state index in [9.17, 15) is 24.6 Å². The molecule has 150 valence electrons. The minimum atomic E-state index is -1.15. The van der Waals surface area contributed by atoms with Crippen LogP contribution in [-0.2, 0) is 25.5 Å². The van der Waals surface area contributed by atoms with Crippen LogP contribution in [-0.4, -0.2) is 65.4 Å². The van der Waals surface area contributed by atoms with E-state index in [0.29, 0.717) is 0 Å². The SMILES string of the molecule is C[C@H](N)C(=O)N[C@@H](CO)C(=O)N[C@@H](C)CO[C@@H](Cc1ccccc1)C(=O)O. The molecule has 0 saturated carbocycles. The Morgan fingerprint density at radius 2 is 1.74 bits per heavy atom. The van der Waals surface area contributed by atoms with Crippen LogP contribution < -0.4 is 16.4 Å². The van der Waals surface area contributed by atoms with Gasteiger partial charge in [0.1, 0.15) is 6.04 Å².